The summed E-state index contributed by atoms with van der Waals surface area (Å²) in [7, 11) is 0. The van der Waals surface area contributed by atoms with Crippen molar-refractivity contribution in [3.05, 3.63) is 26.6 Å². The fraction of sp³-hybridized carbons (Fsp3) is 0.455. The lowest BCUT2D eigenvalue weighted by Crippen LogP contribution is -2.19. The molecular weight excluding hydrogens is 379 g/mol. The zero-order valence-electron chi connectivity index (χ0n) is 9.57. The molecule has 0 radical (unpaired) electrons. The van der Waals surface area contributed by atoms with Crippen molar-refractivity contribution >= 4 is 31.9 Å². The molecule has 0 fully saturated rings. The quantitative estimate of drug-likeness (QED) is 0.810. The van der Waals surface area contributed by atoms with Gasteiger partial charge in [-0.2, -0.15) is 13.2 Å². The first kappa shape index (κ1) is 15.8. The molecule has 7 heteroatoms. The summed E-state index contributed by atoms with van der Waals surface area (Å²) >= 11 is 6.41. The predicted octanol–water partition coefficient (Wildman–Crippen LogP) is 4.26. The van der Waals surface area contributed by atoms with E-state index in [1.165, 1.54) is 0 Å². The number of rotatable bonds is 5. The van der Waals surface area contributed by atoms with Crippen molar-refractivity contribution in [1.82, 2.24) is 5.32 Å². The molecule has 0 aliphatic heterocycles. The highest BCUT2D eigenvalue weighted by Gasteiger charge is 2.29. The van der Waals surface area contributed by atoms with E-state index >= 15 is 0 Å². The van der Waals surface area contributed by atoms with Crippen LogP contribution in [0, 0.1) is 0 Å². The van der Waals surface area contributed by atoms with Crippen LogP contribution < -0.4 is 10.1 Å². The van der Waals surface area contributed by atoms with E-state index in [9.17, 15) is 13.2 Å². The molecule has 2 nitrogen and oxygen atoms in total. The van der Waals surface area contributed by atoms with E-state index in [-0.39, 0.29) is 5.75 Å². The number of ether oxygens (including phenoxy) is 1. The van der Waals surface area contributed by atoms with Gasteiger partial charge < -0.3 is 10.1 Å². The molecule has 0 aromatic heterocycles. The Balaban J connectivity index is 2.81. The van der Waals surface area contributed by atoms with Gasteiger partial charge in [0.15, 0.2) is 6.61 Å². The zero-order valence-corrected chi connectivity index (χ0v) is 12.7. The lowest BCUT2D eigenvalue weighted by Gasteiger charge is -2.13. The van der Waals surface area contributed by atoms with Crippen LogP contribution >= 0.6 is 31.9 Å². The van der Waals surface area contributed by atoms with E-state index in [2.05, 4.69) is 37.2 Å². The van der Waals surface area contributed by atoms with Crippen LogP contribution in [0.3, 0.4) is 0 Å². The third-order valence-corrected chi connectivity index (χ3v) is 3.20. The van der Waals surface area contributed by atoms with Crippen molar-refractivity contribution in [2.75, 3.05) is 13.2 Å². The van der Waals surface area contributed by atoms with Crippen molar-refractivity contribution in [1.29, 1.82) is 0 Å². The summed E-state index contributed by atoms with van der Waals surface area (Å²) in [5, 5.41) is 3.13. The second-order valence-corrected chi connectivity index (χ2v) is 5.28. The number of alkyl halides is 3. The van der Waals surface area contributed by atoms with Gasteiger partial charge in [0, 0.05) is 6.54 Å². The Morgan fingerprint density at radius 3 is 2.22 bits per heavy atom. The van der Waals surface area contributed by atoms with E-state index < -0.39 is 12.8 Å². The first-order chi connectivity index (χ1) is 8.33. The predicted molar refractivity (Wildman–Crippen MR) is 70.8 cm³/mol. The summed E-state index contributed by atoms with van der Waals surface area (Å²) in [5.41, 5.74) is 0.954. The highest BCUT2D eigenvalue weighted by molar-refractivity contribution is 9.11. The normalized spacial score (nSPS) is 11.7. The highest BCUT2D eigenvalue weighted by Crippen LogP contribution is 2.35. The van der Waals surface area contributed by atoms with E-state index in [4.69, 9.17) is 4.74 Å². The third-order valence-electron chi connectivity index (χ3n) is 2.02. The van der Waals surface area contributed by atoms with Gasteiger partial charge in [-0.05, 0) is 56.1 Å². The molecule has 1 aromatic carbocycles. The number of benzene rings is 1. The van der Waals surface area contributed by atoms with Gasteiger partial charge in [0.1, 0.15) is 5.75 Å². The van der Waals surface area contributed by atoms with Crippen LogP contribution in [0.5, 0.6) is 5.75 Å². The Bertz CT molecular complexity index is 387. The second-order valence-electron chi connectivity index (χ2n) is 3.57. The van der Waals surface area contributed by atoms with Gasteiger partial charge in [-0.1, -0.05) is 6.92 Å². The van der Waals surface area contributed by atoms with Gasteiger partial charge in [-0.3, -0.25) is 0 Å². The zero-order chi connectivity index (χ0) is 13.8. The average molecular weight is 391 g/mol. The molecule has 0 aliphatic rings. The smallest absolute Gasteiger partial charge is 0.422 e. The van der Waals surface area contributed by atoms with Crippen LogP contribution in [0.15, 0.2) is 21.1 Å². The van der Waals surface area contributed by atoms with Gasteiger partial charge in [0.2, 0.25) is 0 Å². The molecule has 0 saturated heterocycles. The molecule has 1 N–H and O–H groups in total. The van der Waals surface area contributed by atoms with Gasteiger partial charge >= 0.3 is 6.18 Å². The molecule has 0 spiro atoms. The number of hydrogen-bond acceptors (Lipinski definition) is 2. The molecule has 0 atom stereocenters. The minimum atomic E-state index is -4.35. The fourth-order valence-electron chi connectivity index (χ4n) is 1.28. The Morgan fingerprint density at radius 2 is 1.78 bits per heavy atom. The minimum Gasteiger partial charge on any atom is -0.482 e. The first-order valence-corrected chi connectivity index (χ1v) is 6.80. The van der Waals surface area contributed by atoms with Crippen LogP contribution in [0.1, 0.15) is 12.5 Å². The van der Waals surface area contributed by atoms with Crippen molar-refractivity contribution < 1.29 is 17.9 Å². The van der Waals surface area contributed by atoms with Gasteiger partial charge in [0.25, 0.3) is 0 Å². The maximum atomic E-state index is 12.1. The lowest BCUT2D eigenvalue weighted by molar-refractivity contribution is -0.153. The van der Waals surface area contributed by atoms with Crippen LogP contribution in [0.2, 0.25) is 0 Å². The van der Waals surface area contributed by atoms with Gasteiger partial charge in [0.05, 0.1) is 8.95 Å². The summed E-state index contributed by atoms with van der Waals surface area (Å²) < 4.78 is 42.0. The lowest BCUT2D eigenvalue weighted by atomic mass is 10.2. The van der Waals surface area contributed by atoms with Crippen molar-refractivity contribution in [3.63, 3.8) is 0 Å². The van der Waals surface area contributed by atoms with Crippen molar-refractivity contribution in [2.45, 2.75) is 19.6 Å². The Morgan fingerprint density at radius 1 is 1.22 bits per heavy atom. The van der Waals surface area contributed by atoms with Crippen LogP contribution in [0.4, 0.5) is 13.2 Å². The maximum Gasteiger partial charge on any atom is 0.422 e. The van der Waals surface area contributed by atoms with E-state index in [1.807, 2.05) is 6.92 Å². The molecule has 0 bridgehead atoms. The molecule has 0 aliphatic carbocycles. The number of nitrogens with one attached hydrogen (secondary N) is 1. The Labute approximate surface area is 120 Å². The summed E-state index contributed by atoms with van der Waals surface area (Å²) in [6.45, 7) is 2.14. The maximum absolute atomic E-state index is 12.1. The van der Waals surface area contributed by atoms with Gasteiger partial charge in [-0.15, -0.1) is 0 Å². The molecule has 0 amide bonds. The van der Waals surface area contributed by atoms with Crippen molar-refractivity contribution in [3.8, 4) is 5.75 Å². The summed E-state index contributed by atoms with van der Waals surface area (Å²) in [6.07, 6.45) is -4.35. The Kier molecular flexibility index (Phi) is 5.94. The number of halogens is 5. The molecule has 1 aromatic rings. The van der Waals surface area contributed by atoms with Crippen LogP contribution in [-0.2, 0) is 6.54 Å². The SMILES string of the molecule is CCNCc1cc(Br)c(OCC(F)(F)F)c(Br)c1. The summed E-state index contributed by atoms with van der Waals surface area (Å²) in [5.74, 6) is 0.160. The highest BCUT2D eigenvalue weighted by atomic mass is 79.9. The summed E-state index contributed by atoms with van der Waals surface area (Å²) in [4.78, 5) is 0. The van der Waals surface area contributed by atoms with Crippen LogP contribution in [-0.4, -0.2) is 19.3 Å². The largest absolute Gasteiger partial charge is 0.482 e. The van der Waals surface area contributed by atoms with Crippen molar-refractivity contribution in [2.24, 2.45) is 0 Å². The standard InChI is InChI=1S/C11H12Br2F3NO/c1-2-17-5-7-3-8(12)10(9(13)4-7)18-6-11(14,15)16/h3-4,17H,2,5-6H2,1H3. The van der Waals surface area contributed by atoms with Gasteiger partial charge in [-0.25, -0.2) is 0 Å². The third kappa shape index (κ3) is 5.16. The Hall–Kier alpha value is -0.270. The minimum absolute atomic E-state index is 0.160. The molecule has 1 rings (SSSR count). The van der Waals surface area contributed by atoms with E-state index in [0.717, 1.165) is 12.1 Å². The first-order valence-electron chi connectivity index (χ1n) is 5.21. The monoisotopic (exact) mass is 389 g/mol. The molecule has 18 heavy (non-hydrogen) atoms. The number of hydrogen-bond donors (Lipinski definition) is 1. The average Bonchev–Trinajstić information content (AvgIpc) is 2.23. The van der Waals surface area contributed by atoms with E-state index in [0.29, 0.717) is 15.5 Å². The van der Waals surface area contributed by atoms with E-state index in [1.54, 1.807) is 12.1 Å². The molecule has 0 heterocycles. The summed E-state index contributed by atoms with van der Waals surface area (Å²) in [6, 6.07) is 3.47. The molecule has 102 valence electrons. The topological polar surface area (TPSA) is 21.3 Å². The second kappa shape index (κ2) is 6.77. The van der Waals surface area contributed by atoms with Crippen LogP contribution in [0.25, 0.3) is 0 Å². The fourth-order valence-corrected chi connectivity index (χ4v) is 2.79. The molecule has 0 unspecified atom stereocenters. The molecular formula is C11H12Br2F3NO. The molecule has 0 saturated carbocycles.